The number of rotatable bonds is 3. The Balaban J connectivity index is 2.29. The van der Waals surface area contributed by atoms with Crippen molar-refractivity contribution in [1.29, 1.82) is 0 Å². The van der Waals surface area contributed by atoms with Crippen LogP contribution in [0.2, 0.25) is 0 Å². The van der Waals surface area contributed by atoms with Crippen LogP contribution in [-0.2, 0) is 0 Å². The topological polar surface area (TPSA) is 29.3 Å². The van der Waals surface area contributed by atoms with Crippen LogP contribution in [0.15, 0.2) is 28.7 Å². The fourth-order valence-corrected chi connectivity index (χ4v) is 3.33. The molecule has 100 valence electrons. The number of halogens is 1. The summed E-state index contributed by atoms with van der Waals surface area (Å²) in [7, 11) is 0. The highest BCUT2D eigenvalue weighted by Crippen LogP contribution is 2.34. The lowest BCUT2D eigenvalue weighted by atomic mass is 9.89. The summed E-state index contributed by atoms with van der Waals surface area (Å²) in [5.41, 5.74) is 7.43. The first-order valence-electron chi connectivity index (χ1n) is 6.95. The standard InChI is InChI=1S/C15H23BrN2/c1-2-18-10-4-3-5-13(11-17)15(18)12-6-8-14(16)9-7-12/h6-9,13,15H,2-5,10-11,17H2,1H3. The van der Waals surface area contributed by atoms with Crippen LogP contribution in [0.4, 0.5) is 0 Å². The molecule has 2 nitrogen and oxygen atoms in total. The van der Waals surface area contributed by atoms with Crippen molar-refractivity contribution < 1.29 is 0 Å². The third-order valence-corrected chi connectivity index (χ3v) is 4.56. The second-order valence-corrected chi connectivity index (χ2v) is 6.03. The van der Waals surface area contributed by atoms with Crippen LogP contribution in [0.25, 0.3) is 0 Å². The van der Waals surface area contributed by atoms with Crippen LogP contribution in [0, 0.1) is 5.92 Å². The minimum absolute atomic E-state index is 0.496. The van der Waals surface area contributed by atoms with Gasteiger partial charge in [0.1, 0.15) is 0 Å². The zero-order valence-corrected chi connectivity index (χ0v) is 12.7. The molecule has 1 aromatic rings. The Bertz CT molecular complexity index is 349. The molecule has 1 aliphatic heterocycles. The molecule has 1 aromatic carbocycles. The molecule has 0 bridgehead atoms. The highest BCUT2D eigenvalue weighted by atomic mass is 79.9. The van der Waals surface area contributed by atoms with Crippen molar-refractivity contribution in [2.45, 2.75) is 32.2 Å². The molecule has 1 heterocycles. The predicted octanol–water partition coefficient (Wildman–Crippen LogP) is 3.57. The molecule has 2 N–H and O–H groups in total. The van der Waals surface area contributed by atoms with Gasteiger partial charge in [0.25, 0.3) is 0 Å². The van der Waals surface area contributed by atoms with Gasteiger partial charge < -0.3 is 5.73 Å². The lowest BCUT2D eigenvalue weighted by Crippen LogP contribution is -2.35. The largest absolute Gasteiger partial charge is 0.330 e. The van der Waals surface area contributed by atoms with E-state index in [-0.39, 0.29) is 0 Å². The highest BCUT2D eigenvalue weighted by molar-refractivity contribution is 9.10. The van der Waals surface area contributed by atoms with Gasteiger partial charge >= 0.3 is 0 Å². The Morgan fingerprint density at radius 1 is 1.28 bits per heavy atom. The van der Waals surface area contributed by atoms with E-state index in [1.54, 1.807) is 0 Å². The second-order valence-electron chi connectivity index (χ2n) is 5.12. The van der Waals surface area contributed by atoms with Gasteiger partial charge in [-0.3, -0.25) is 4.90 Å². The van der Waals surface area contributed by atoms with Crippen LogP contribution in [0.3, 0.4) is 0 Å². The summed E-state index contributed by atoms with van der Waals surface area (Å²) in [6.45, 7) is 5.35. The van der Waals surface area contributed by atoms with Gasteiger partial charge in [-0.1, -0.05) is 41.4 Å². The minimum atomic E-state index is 0.496. The van der Waals surface area contributed by atoms with E-state index in [2.05, 4.69) is 52.0 Å². The van der Waals surface area contributed by atoms with Crippen LogP contribution < -0.4 is 5.73 Å². The lowest BCUT2D eigenvalue weighted by molar-refractivity contribution is 0.166. The third kappa shape index (κ3) is 3.14. The normalized spacial score (nSPS) is 25.9. The molecular weight excluding hydrogens is 288 g/mol. The number of hydrogen-bond donors (Lipinski definition) is 1. The van der Waals surface area contributed by atoms with Gasteiger partial charge in [0.2, 0.25) is 0 Å². The molecule has 18 heavy (non-hydrogen) atoms. The van der Waals surface area contributed by atoms with E-state index in [1.165, 1.54) is 31.4 Å². The zero-order valence-electron chi connectivity index (χ0n) is 11.1. The van der Waals surface area contributed by atoms with E-state index < -0.39 is 0 Å². The summed E-state index contributed by atoms with van der Waals surface area (Å²) < 4.78 is 1.15. The summed E-state index contributed by atoms with van der Waals surface area (Å²) in [4.78, 5) is 2.59. The molecule has 0 spiro atoms. The van der Waals surface area contributed by atoms with Gasteiger partial charge in [0.05, 0.1) is 0 Å². The summed E-state index contributed by atoms with van der Waals surface area (Å²) in [5.74, 6) is 0.591. The van der Waals surface area contributed by atoms with Crippen LogP contribution >= 0.6 is 15.9 Å². The Morgan fingerprint density at radius 2 is 2.00 bits per heavy atom. The van der Waals surface area contributed by atoms with Crippen LogP contribution in [0.1, 0.15) is 37.8 Å². The first-order valence-corrected chi connectivity index (χ1v) is 7.75. The number of nitrogens with two attached hydrogens (primary N) is 1. The summed E-state index contributed by atoms with van der Waals surface area (Å²) in [6.07, 6.45) is 3.87. The average molecular weight is 311 g/mol. The van der Waals surface area contributed by atoms with Gasteiger partial charge in [-0.05, 0) is 56.1 Å². The van der Waals surface area contributed by atoms with Crippen LogP contribution in [0.5, 0.6) is 0 Å². The Kier molecular flexibility index (Phi) is 5.22. The highest BCUT2D eigenvalue weighted by Gasteiger charge is 2.29. The summed E-state index contributed by atoms with van der Waals surface area (Å²) >= 11 is 3.51. The van der Waals surface area contributed by atoms with E-state index in [0.29, 0.717) is 12.0 Å². The molecule has 1 saturated heterocycles. The number of benzene rings is 1. The van der Waals surface area contributed by atoms with Crippen molar-refractivity contribution in [3.05, 3.63) is 34.3 Å². The molecule has 3 heteroatoms. The first kappa shape index (κ1) is 14.0. The molecule has 2 unspecified atom stereocenters. The van der Waals surface area contributed by atoms with Crippen molar-refractivity contribution in [3.63, 3.8) is 0 Å². The summed E-state index contributed by atoms with van der Waals surface area (Å²) in [5, 5.41) is 0. The van der Waals surface area contributed by atoms with Crippen molar-refractivity contribution in [2.75, 3.05) is 19.6 Å². The van der Waals surface area contributed by atoms with Crippen LogP contribution in [-0.4, -0.2) is 24.5 Å². The van der Waals surface area contributed by atoms with Gasteiger partial charge in [0, 0.05) is 10.5 Å². The van der Waals surface area contributed by atoms with Gasteiger partial charge in [-0.2, -0.15) is 0 Å². The predicted molar refractivity (Wildman–Crippen MR) is 80.5 cm³/mol. The van der Waals surface area contributed by atoms with Crippen molar-refractivity contribution in [1.82, 2.24) is 4.90 Å². The van der Waals surface area contributed by atoms with E-state index in [9.17, 15) is 0 Å². The molecule has 0 aliphatic carbocycles. The Labute approximate surface area is 119 Å². The molecule has 0 aromatic heterocycles. The van der Waals surface area contributed by atoms with E-state index in [0.717, 1.165) is 17.6 Å². The monoisotopic (exact) mass is 310 g/mol. The number of nitrogens with zero attached hydrogens (tertiary/aromatic N) is 1. The van der Waals surface area contributed by atoms with E-state index >= 15 is 0 Å². The Morgan fingerprint density at radius 3 is 2.61 bits per heavy atom. The van der Waals surface area contributed by atoms with Crippen molar-refractivity contribution in [2.24, 2.45) is 11.7 Å². The van der Waals surface area contributed by atoms with Crippen molar-refractivity contribution in [3.8, 4) is 0 Å². The fraction of sp³-hybridized carbons (Fsp3) is 0.600. The molecule has 0 amide bonds. The minimum Gasteiger partial charge on any atom is -0.330 e. The Hall–Kier alpha value is -0.380. The van der Waals surface area contributed by atoms with Gasteiger partial charge in [-0.25, -0.2) is 0 Å². The molecule has 0 saturated carbocycles. The van der Waals surface area contributed by atoms with Gasteiger partial charge in [0.15, 0.2) is 0 Å². The number of likely N-dealkylation sites (tertiary alicyclic amines) is 1. The molecular formula is C15H23BrN2. The second kappa shape index (κ2) is 6.69. The summed E-state index contributed by atoms with van der Waals surface area (Å²) in [6, 6.07) is 9.26. The fourth-order valence-electron chi connectivity index (χ4n) is 3.06. The van der Waals surface area contributed by atoms with Crippen molar-refractivity contribution >= 4 is 15.9 Å². The van der Waals surface area contributed by atoms with E-state index in [1.807, 2.05) is 0 Å². The zero-order chi connectivity index (χ0) is 13.0. The smallest absolute Gasteiger partial charge is 0.0388 e. The maximum Gasteiger partial charge on any atom is 0.0388 e. The molecule has 1 aliphatic rings. The third-order valence-electron chi connectivity index (χ3n) is 4.03. The lowest BCUT2D eigenvalue weighted by Gasteiger charge is -2.34. The quantitative estimate of drug-likeness (QED) is 0.924. The number of hydrogen-bond acceptors (Lipinski definition) is 2. The molecule has 2 rings (SSSR count). The maximum atomic E-state index is 6.01. The maximum absolute atomic E-state index is 6.01. The van der Waals surface area contributed by atoms with Gasteiger partial charge in [-0.15, -0.1) is 0 Å². The average Bonchev–Trinajstić information content (AvgIpc) is 2.61. The first-order chi connectivity index (χ1) is 8.76. The molecule has 1 fully saturated rings. The van der Waals surface area contributed by atoms with E-state index in [4.69, 9.17) is 5.73 Å². The molecule has 2 atom stereocenters. The molecule has 0 radical (unpaired) electrons. The SMILES string of the molecule is CCN1CCCCC(CN)C1c1ccc(Br)cc1.